The molecule has 1 fully saturated rings. The molecule has 4 amide bonds. The minimum atomic E-state index is -0.961. The average Bonchev–Trinajstić information content (AvgIpc) is 3.19. The van der Waals surface area contributed by atoms with Crippen LogP contribution in [0.5, 0.6) is 11.5 Å². The van der Waals surface area contributed by atoms with E-state index < -0.39 is 34.9 Å². The number of carbonyl (C=O) groups excluding carboxylic acids is 5. The minimum absolute atomic E-state index is 0.162. The predicted molar refractivity (Wildman–Crippen MR) is 143 cm³/mol. The van der Waals surface area contributed by atoms with Crippen LogP contribution in [0.25, 0.3) is 0 Å². The molecule has 0 saturated carbocycles. The molecule has 1 aliphatic rings. The second-order valence-electron chi connectivity index (χ2n) is 9.68. The number of hydrogen-bond donors (Lipinski definition) is 3. The van der Waals surface area contributed by atoms with Gasteiger partial charge in [-0.2, -0.15) is 0 Å². The third-order valence-corrected chi connectivity index (χ3v) is 6.30. The highest BCUT2D eigenvalue weighted by molar-refractivity contribution is 8.15. The second kappa shape index (κ2) is 13.1. The summed E-state index contributed by atoms with van der Waals surface area (Å²) in [5.74, 6) is -0.333. The van der Waals surface area contributed by atoms with Crippen molar-refractivity contribution in [2.75, 3.05) is 13.7 Å². The lowest BCUT2D eigenvalue weighted by molar-refractivity contribution is -0.144. The van der Waals surface area contributed by atoms with Gasteiger partial charge in [0.05, 0.1) is 12.4 Å². The number of ether oxygens (including phenoxy) is 3. The largest absolute Gasteiger partial charge is 0.467 e. The number of methoxy groups -OCH3 is 1. The Morgan fingerprint density at radius 3 is 2.08 bits per heavy atom. The first-order chi connectivity index (χ1) is 18.4. The monoisotopic (exact) mass is 557 g/mol. The summed E-state index contributed by atoms with van der Waals surface area (Å²) in [6.07, 6.45) is -0.143. The van der Waals surface area contributed by atoms with Gasteiger partial charge in [0.2, 0.25) is 11.8 Å². The predicted octanol–water partition coefficient (Wildman–Crippen LogP) is 3.10. The van der Waals surface area contributed by atoms with E-state index in [4.69, 9.17) is 14.2 Å². The molecule has 2 aromatic carbocycles. The summed E-state index contributed by atoms with van der Waals surface area (Å²) in [6, 6.07) is 13.2. The molecule has 2 aromatic rings. The summed E-state index contributed by atoms with van der Waals surface area (Å²) in [4.78, 5) is 59.4. The van der Waals surface area contributed by atoms with Crippen LogP contribution in [0.3, 0.4) is 0 Å². The van der Waals surface area contributed by atoms with Gasteiger partial charge in [0.25, 0.3) is 5.24 Å². The topological polar surface area (TPSA) is 149 Å². The van der Waals surface area contributed by atoms with Crippen molar-refractivity contribution in [3.8, 4) is 11.5 Å². The fraction of sp³-hybridized carbons (Fsp3) is 0.370. The fourth-order valence-corrected chi connectivity index (χ4v) is 4.41. The average molecular weight is 558 g/mol. The number of imide groups is 1. The molecule has 1 heterocycles. The Morgan fingerprint density at radius 1 is 0.974 bits per heavy atom. The Labute approximate surface area is 230 Å². The number of carbonyl (C=O) groups is 5. The van der Waals surface area contributed by atoms with Crippen LogP contribution >= 0.6 is 11.8 Å². The molecule has 208 valence electrons. The van der Waals surface area contributed by atoms with Gasteiger partial charge in [-0.1, -0.05) is 36.0 Å². The zero-order chi connectivity index (χ0) is 28.6. The van der Waals surface area contributed by atoms with Gasteiger partial charge in [0.1, 0.15) is 29.7 Å². The maximum atomic E-state index is 12.3. The first kappa shape index (κ1) is 29.5. The number of rotatable bonds is 10. The number of esters is 1. The zero-order valence-corrected chi connectivity index (χ0v) is 22.9. The smallest absolute Gasteiger partial charge is 0.408 e. The van der Waals surface area contributed by atoms with E-state index in [1.165, 1.54) is 7.11 Å². The van der Waals surface area contributed by atoms with Gasteiger partial charge in [-0.05, 0) is 62.6 Å². The molecule has 3 N–H and O–H groups in total. The van der Waals surface area contributed by atoms with E-state index >= 15 is 0 Å². The molecule has 0 aromatic heterocycles. The molecule has 2 atom stereocenters. The summed E-state index contributed by atoms with van der Waals surface area (Å²) >= 11 is 0.987. The van der Waals surface area contributed by atoms with E-state index in [1.807, 2.05) is 12.1 Å². The Bertz CT molecular complexity index is 1210. The molecular formula is C27H31N3O8S. The number of thioether (sulfide) groups is 1. The van der Waals surface area contributed by atoms with Crippen molar-refractivity contribution < 1.29 is 38.2 Å². The highest BCUT2D eigenvalue weighted by Gasteiger charge is 2.31. The molecule has 39 heavy (non-hydrogen) atoms. The molecule has 1 aliphatic heterocycles. The second-order valence-corrected chi connectivity index (χ2v) is 10.9. The summed E-state index contributed by atoms with van der Waals surface area (Å²) in [6.45, 7) is 4.75. The maximum absolute atomic E-state index is 12.3. The van der Waals surface area contributed by atoms with Crippen molar-refractivity contribution in [3.63, 3.8) is 0 Å². The zero-order valence-electron chi connectivity index (χ0n) is 22.1. The standard InChI is InChI=1S/C27H31N3O8S/c1-27(2,3)38-25(34)28-15-22(31)29-20(24(33)36-4)13-16-5-9-18(10-6-16)37-19-11-7-17(8-12-19)14-21-23(32)30-26(35)39-21/h5-12,20-21H,13-15H2,1-4H3,(H,28,34)(H,29,31)(H,30,32,35). The lowest BCUT2D eigenvalue weighted by Gasteiger charge is -2.20. The molecule has 1 saturated heterocycles. The first-order valence-corrected chi connectivity index (χ1v) is 13.0. The number of hydrogen-bond acceptors (Lipinski definition) is 9. The van der Waals surface area contributed by atoms with Crippen LogP contribution in [0, 0.1) is 0 Å². The number of amides is 4. The summed E-state index contributed by atoms with van der Waals surface area (Å²) in [5.41, 5.74) is 0.943. The van der Waals surface area contributed by atoms with Crippen molar-refractivity contribution in [2.45, 2.75) is 50.5 Å². The normalized spacial score (nSPS) is 15.6. The third kappa shape index (κ3) is 9.64. The van der Waals surface area contributed by atoms with E-state index in [0.29, 0.717) is 17.9 Å². The highest BCUT2D eigenvalue weighted by Crippen LogP contribution is 2.26. The lowest BCUT2D eigenvalue weighted by atomic mass is 10.1. The summed E-state index contributed by atoms with van der Waals surface area (Å²) in [5, 5.41) is 6.42. The highest BCUT2D eigenvalue weighted by atomic mass is 32.2. The Hall–Kier alpha value is -4.06. The third-order valence-electron chi connectivity index (χ3n) is 5.32. The number of alkyl carbamates (subject to hydrolysis) is 1. The van der Waals surface area contributed by atoms with Crippen LogP contribution in [-0.4, -0.2) is 59.7 Å². The molecule has 0 radical (unpaired) electrons. The lowest BCUT2D eigenvalue weighted by Crippen LogP contribution is -2.47. The summed E-state index contributed by atoms with van der Waals surface area (Å²) < 4.78 is 15.8. The van der Waals surface area contributed by atoms with Gasteiger partial charge in [-0.15, -0.1) is 0 Å². The van der Waals surface area contributed by atoms with Crippen molar-refractivity contribution in [1.82, 2.24) is 16.0 Å². The van der Waals surface area contributed by atoms with Gasteiger partial charge in [0.15, 0.2) is 0 Å². The van der Waals surface area contributed by atoms with E-state index in [-0.39, 0.29) is 24.1 Å². The van der Waals surface area contributed by atoms with Crippen LogP contribution < -0.4 is 20.7 Å². The molecule has 3 rings (SSSR count). The van der Waals surface area contributed by atoms with Crippen molar-refractivity contribution in [3.05, 3.63) is 59.7 Å². The van der Waals surface area contributed by atoms with Crippen LogP contribution in [0.4, 0.5) is 9.59 Å². The van der Waals surface area contributed by atoms with Gasteiger partial charge < -0.3 is 24.8 Å². The van der Waals surface area contributed by atoms with Crippen molar-refractivity contribution in [1.29, 1.82) is 0 Å². The Kier molecular flexibility index (Phi) is 9.94. The summed E-state index contributed by atoms with van der Waals surface area (Å²) in [7, 11) is 1.23. The maximum Gasteiger partial charge on any atom is 0.408 e. The van der Waals surface area contributed by atoms with Crippen LogP contribution in [0.2, 0.25) is 0 Å². The molecule has 2 unspecified atom stereocenters. The first-order valence-electron chi connectivity index (χ1n) is 12.1. The van der Waals surface area contributed by atoms with Crippen LogP contribution in [0.1, 0.15) is 31.9 Å². The van der Waals surface area contributed by atoms with E-state index in [9.17, 15) is 24.0 Å². The number of nitrogens with one attached hydrogen (secondary N) is 3. The van der Waals surface area contributed by atoms with Crippen molar-refractivity contribution >= 4 is 40.9 Å². The molecule has 0 spiro atoms. The molecule has 11 nitrogen and oxygen atoms in total. The van der Waals surface area contributed by atoms with E-state index in [2.05, 4.69) is 16.0 Å². The van der Waals surface area contributed by atoms with Gasteiger partial charge in [-0.3, -0.25) is 19.7 Å². The van der Waals surface area contributed by atoms with E-state index in [0.717, 1.165) is 22.9 Å². The number of benzene rings is 2. The van der Waals surface area contributed by atoms with Gasteiger partial charge in [-0.25, -0.2) is 9.59 Å². The Balaban J connectivity index is 1.52. The van der Waals surface area contributed by atoms with Crippen LogP contribution in [-0.2, 0) is 36.7 Å². The molecular weight excluding hydrogens is 526 g/mol. The van der Waals surface area contributed by atoms with E-state index in [1.54, 1.807) is 57.2 Å². The molecule has 0 bridgehead atoms. The Morgan fingerprint density at radius 2 is 1.56 bits per heavy atom. The minimum Gasteiger partial charge on any atom is -0.467 e. The van der Waals surface area contributed by atoms with Gasteiger partial charge in [0, 0.05) is 6.42 Å². The SMILES string of the molecule is COC(=O)C(Cc1ccc(Oc2ccc(CC3SC(=O)NC3=O)cc2)cc1)NC(=O)CNC(=O)OC(C)(C)C. The molecule has 0 aliphatic carbocycles. The quantitative estimate of drug-likeness (QED) is 0.375. The van der Waals surface area contributed by atoms with Gasteiger partial charge >= 0.3 is 12.1 Å². The molecule has 12 heteroatoms. The fourth-order valence-electron chi connectivity index (χ4n) is 3.55. The van der Waals surface area contributed by atoms with Crippen molar-refractivity contribution in [2.24, 2.45) is 0 Å². The van der Waals surface area contributed by atoms with Crippen LogP contribution in [0.15, 0.2) is 48.5 Å².